The van der Waals surface area contributed by atoms with Gasteiger partial charge in [-0.2, -0.15) is 0 Å². The fourth-order valence-corrected chi connectivity index (χ4v) is 2.98. The van der Waals surface area contributed by atoms with Crippen LogP contribution in [0, 0.1) is 5.82 Å². The Kier molecular flexibility index (Phi) is 4.43. The number of carbonyl (C=O) groups is 1. The predicted molar refractivity (Wildman–Crippen MR) is 93.4 cm³/mol. The van der Waals surface area contributed by atoms with E-state index in [1.807, 2.05) is 0 Å². The number of halogens is 4. The molecule has 3 rings (SSSR count). The van der Waals surface area contributed by atoms with Crippen LogP contribution in [0.25, 0.3) is 0 Å². The highest BCUT2D eigenvalue weighted by molar-refractivity contribution is 6.01. The van der Waals surface area contributed by atoms with Gasteiger partial charge in [-0.3, -0.25) is 14.5 Å². The lowest BCUT2D eigenvalue weighted by molar-refractivity contribution is -0.106. The Morgan fingerprint density at radius 2 is 1.96 bits per heavy atom. The van der Waals surface area contributed by atoms with E-state index in [4.69, 9.17) is 5.73 Å². The molecular weight excluding hydrogens is 380 g/mol. The maximum absolute atomic E-state index is 14.8. The molecule has 0 radical (unpaired) electrons. The first-order valence-electron chi connectivity index (χ1n) is 8.25. The summed E-state index contributed by atoms with van der Waals surface area (Å²) >= 11 is 0. The molecule has 150 valence electrons. The molecule has 28 heavy (non-hydrogen) atoms. The number of alkyl halides is 3. The van der Waals surface area contributed by atoms with Gasteiger partial charge in [0.15, 0.2) is 11.2 Å². The number of amidine groups is 1. The number of aliphatic imine (C=N–C) groups is 1. The number of amides is 1. The second-order valence-electron chi connectivity index (χ2n) is 7.04. The molecule has 1 aliphatic heterocycles. The lowest BCUT2D eigenvalue weighted by atomic mass is 9.77. The number of anilines is 1. The molecule has 2 heterocycles. The second-order valence-corrected chi connectivity index (χ2v) is 7.04. The minimum atomic E-state index is -3.73. The van der Waals surface area contributed by atoms with Gasteiger partial charge in [-0.1, -0.05) is 0 Å². The van der Waals surface area contributed by atoms with E-state index >= 15 is 0 Å². The normalized spacial score (nSPS) is 26.6. The van der Waals surface area contributed by atoms with Gasteiger partial charge in [-0.25, -0.2) is 22.5 Å². The van der Waals surface area contributed by atoms with Crippen LogP contribution in [0.2, 0.25) is 0 Å². The molecule has 0 aliphatic carbocycles. The van der Waals surface area contributed by atoms with E-state index in [2.05, 4.69) is 20.4 Å². The topological polar surface area (TPSA) is 98.2 Å². The molecule has 1 amide bonds. The minimum absolute atomic E-state index is 0.0215. The third-order valence-corrected chi connectivity index (χ3v) is 4.70. The molecular formula is C17H18F4N6O. The first-order chi connectivity index (χ1) is 12.9. The van der Waals surface area contributed by atoms with Gasteiger partial charge in [-0.15, -0.1) is 5.10 Å². The van der Waals surface area contributed by atoms with Crippen molar-refractivity contribution in [3.8, 4) is 0 Å². The third kappa shape index (κ3) is 3.20. The number of aryl methyl sites for hydroxylation is 1. The number of carbonyl (C=O) groups excluding carboxylic acids is 1. The van der Waals surface area contributed by atoms with Crippen LogP contribution in [0.4, 0.5) is 23.2 Å². The van der Waals surface area contributed by atoms with Crippen LogP contribution in [0.1, 0.15) is 36.5 Å². The van der Waals surface area contributed by atoms with Crippen LogP contribution in [-0.2, 0) is 12.6 Å². The van der Waals surface area contributed by atoms with Crippen molar-refractivity contribution in [3.05, 3.63) is 41.7 Å². The number of nitrogens with zero attached hydrogens (tertiary/aromatic N) is 4. The lowest BCUT2D eigenvalue weighted by Crippen LogP contribution is -2.56. The monoisotopic (exact) mass is 398 g/mol. The summed E-state index contributed by atoms with van der Waals surface area (Å²) in [4.78, 5) is 19.5. The summed E-state index contributed by atoms with van der Waals surface area (Å²) < 4.78 is 59.6. The van der Waals surface area contributed by atoms with Crippen molar-refractivity contribution in [1.29, 1.82) is 0 Å². The number of hydrogen-bond donors (Lipinski definition) is 2. The Labute approximate surface area is 157 Å². The van der Waals surface area contributed by atoms with Crippen molar-refractivity contribution in [3.63, 3.8) is 0 Å². The van der Waals surface area contributed by atoms with E-state index in [-0.39, 0.29) is 11.5 Å². The highest BCUT2D eigenvalue weighted by Gasteiger charge is 2.60. The molecule has 3 N–H and O–H groups in total. The highest BCUT2D eigenvalue weighted by atomic mass is 19.3. The summed E-state index contributed by atoms with van der Waals surface area (Å²) in [6.45, 7) is 1.87. The number of nitrogens with one attached hydrogen (secondary N) is 1. The fraction of sp³-hybridized carbons (Fsp3) is 0.412. The van der Waals surface area contributed by atoms with E-state index in [1.165, 1.54) is 17.1 Å². The smallest absolute Gasteiger partial charge is 0.295 e. The molecule has 0 bridgehead atoms. The molecule has 2 unspecified atom stereocenters. The van der Waals surface area contributed by atoms with E-state index in [9.17, 15) is 22.4 Å². The SMILES string of the molecule is Cn1cnc(C(=O)Nc2ccc(F)c(C3(C)N=C(N)C(C)(F)CC3(F)F)c2)n1. The average Bonchev–Trinajstić information content (AvgIpc) is 3.01. The van der Waals surface area contributed by atoms with Crippen molar-refractivity contribution < 1.29 is 22.4 Å². The van der Waals surface area contributed by atoms with Crippen LogP contribution in [0.3, 0.4) is 0 Å². The zero-order chi connectivity index (χ0) is 20.9. The third-order valence-electron chi connectivity index (χ3n) is 4.70. The maximum Gasteiger partial charge on any atom is 0.295 e. The Morgan fingerprint density at radius 1 is 1.29 bits per heavy atom. The average molecular weight is 398 g/mol. The quantitative estimate of drug-likeness (QED) is 0.777. The van der Waals surface area contributed by atoms with Gasteiger partial charge in [0.05, 0.1) is 6.42 Å². The molecule has 0 saturated carbocycles. The van der Waals surface area contributed by atoms with Gasteiger partial charge in [0.1, 0.15) is 18.0 Å². The molecule has 1 aromatic heterocycles. The molecule has 11 heteroatoms. The Bertz CT molecular complexity index is 970. The van der Waals surface area contributed by atoms with Crippen molar-refractivity contribution in [2.75, 3.05) is 5.32 Å². The van der Waals surface area contributed by atoms with Gasteiger partial charge in [0.25, 0.3) is 11.8 Å². The van der Waals surface area contributed by atoms with Gasteiger partial charge < -0.3 is 11.1 Å². The molecule has 0 spiro atoms. The molecule has 0 saturated heterocycles. The van der Waals surface area contributed by atoms with E-state index in [0.717, 1.165) is 26.0 Å². The number of nitrogens with two attached hydrogens (primary N) is 1. The van der Waals surface area contributed by atoms with E-state index in [0.29, 0.717) is 0 Å². The predicted octanol–water partition coefficient (Wildman–Crippen LogP) is 2.55. The zero-order valence-corrected chi connectivity index (χ0v) is 15.3. The number of benzene rings is 1. The summed E-state index contributed by atoms with van der Waals surface area (Å²) in [6.07, 6.45) is 0.0553. The summed E-state index contributed by atoms with van der Waals surface area (Å²) in [5.41, 5.74) is 0.0551. The lowest BCUT2D eigenvalue weighted by Gasteiger charge is -2.42. The van der Waals surface area contributed by atoms with Crippen LogP contribution in [0.15, 0.2) is 29.5 Å². The number of rotatable bonds is 3. The molecule has 0 fully saturated rings. The van der Waals surface area contributed by atoms with E-state index < -0.39 is 46.7 Å². The van der Waals surface area contributed by atoms with Gasteiger partial charge in [-0.05, 0) is 32.0 Å². The van der Waals surface area contributed by atoms with Crippen LogP contribution in [-0.4, -0.2) is 38.1 Å². The van der Waals surface area contributed by atoms with Crippen molar-refractivity contribution in [1.82, 2.24) is 14.8 Å². The molecule has 1 aromatic carbocycles. The van der Waals surface area contributed by atoms with Gasteiger partial charge >= 0.3 is 0 Å². The summed E-state index contributed by atoms with van der Waals surface area (Å²) in [5.74, 6) is -6.23. The molecule has 1 aliphatic rings. The molecule has 7 nitrogen and oxygen atoms in total. The van der Waals surface area contributed by atoms with E-state index in [1.54, 1.807) is 7.05 Å². The molecule has 2 atom stereocenters. The largest absolute Gasteiger partial charge is 0.385 e. The minimum Gasteiger partial charge on any atom is -0.385 e. The first-order valence-corrected chi connectivity index (χ1v) is 8.25. The van der Waals surface area contributed by atoms with Crippen LogP contribution in [0.5, 0.6) is 0 Å². The zero-order valence-electron chi connectivity index (χ0n) is 15.3. The number of aromatic nitrogens is 3. The summed E-state index contributed by atoms with van der Waals surface area (Å²) in [5, 5.41) is 6.23. The van der Waals surface area contributed by atoms with Gasteiger partial charge in [0.2, 0.25) is 5.82 Å². The standard InChI is InChI=1S/C17H18F4N6O/c1-15(19)7-17(20,21)16(2,25-14(15)22)10-6-9(4-5-11(10)18)24-13(28)12-23-8-27(3)26-12/h4-6,8H,7H2,1-3H3,(H2,22,25)(H,24,28). The van der Waals surface area contributed by atoms with Crippen LogP contribution >= 0.6 is 0 Å². The molecule has 2 aromatic rings. The highest BCUT2D eigenvalue weighted by Crippen LogP contribution is 2.50. The fourth-order valence-electron chi connectivity index (χ4n) is 2.98. The summed E-state index contributed by atoms with van der Waals surface area (Å²) in [6, 6.07) is 3.12. The van der Waals surface area contributed by atoms with Crippen molar-refractivity contribution >= 4 is 17.4 Å². The van der Waals surface area contributed by atoms with Crippen LogP contribution < -0.4 is 11.1 Å². The van der Waals surface area contributed by atoms with Gasteiger partial charge in [0, 0.05) is 18.3 Å². The Balaban J connectivity index is 2.01. The second kappa shape index (κ2) is 6.28. The Hall–Kier alpha value is -2.98. The Morgan fingerprint density at radius 3 is 2.57 bits per heavy atom. The first kappa shape index (κ1) is 19.8. The maximum atomic E-state index is 14.8. The van der Waals surface area contributed by atoms with Crippen molar-refractivity contribution in [2.45, 2.75) is 37.4 Å². The van der Waals surface area contributed by atoms with Crippen molar-refractivity contribution in [2.24, 2.45) is 17.8 Å². The number of hydrogen-bond acceptors (Lipinski definition) is 5. The summed E-state index contributed by atoms with van der Waals surface area (Å²) in [7, 11) is 1.56.